The lowest BCUT2D eigenvalue weighted by Crippen LogP contribution is -2.35. The summed E-state index contributed by atoms with van der Waals surface area (Å²) in [7, 11) is 0. The minimum atomic E-state index is -0.419. The number of rotatable bonds is 2. The summed E-state index contributed by atoms with van der Waals surface area (Å²) in [5.41, 5.74) is 3.12. The van der Waals surface area contributed by atoms with Crippen LogP contribution in [0.1, 0.15) is 16.7 Å². The third kappa shape index (κ3) is 3.04. The van der Waals surface area contributed by atoms with Crippen LogP contribution in [0.4, 0.5) is 0 Å². The van der Waals surface area contributed by atoms with Crippen molar-refractivity contribution in [1.82, 2.24) is 5.01 Å². The lowest BCUT2D eigenvalue weighted by atomic mass is 10.1. The van der Waals surface area contributed by atoms with Crippen molar-refractivity contribution in [3.05, 3.63) is 75.3 Å². The molecule has 1 N–H and O–H groups in total. The van der Waals surface area contributed by atoms with Gasteiger partial charge in [-0.2, -0.15) is 15.1 Å². The normalized spacial score (nSPS) is 18.1. The maximum Gasteiger partial charge on any atom is 0.283 e. The SMILES string of the molecule is Cc1ccccc1C1=NN2C(=N)C(=Cc3ccc(Br)cc3)C(=O)N=C2S1. The first-order valence-electron chi connectivity index (χ1n) is 7.85. The van der Waals surface area contributed by atoms with E-state index in [9.17, 15) is 4.79 Å². The zero-order valence-electron chi connectivity index (χ0n) is 13.7. The van der Waals surface area contributed by atoms with E-state index in [1.165, 1.54) is 16.8 Å². The molecule has 0 spiro atoms. The molecule has 26 heavy (non-hydrogen) atoms. The van der Waals surface area contributed by atoms with Crippen molar-refractivity contribution in [1.29, 1.82) is 5.41 Å². The van der Waals surface area contributed by atoms with Crippen LogP contribution in [0.2, 0.25) is 0 Å². The third-order valence-electron chi connectivity index (χ3n) is 4.01. The Kier molecular flexibility index (Phi) is 4.34. The van der Waals surface area contributed by atoms with Gasteiger partial charge in [-0.05, 0) is 48.0 Å². The molecule has 0 unspecified atom stereocenters. The second-order valence-corrected chi connectivity index (χ2v) is 7.66. The molecule has 2 aromatic carbocycles. The number of hydrogen-bond donors (Lipinski definition) is 1. The van der Waals surface area contributed by atoms with Crippen molar-refractivity contribution in [2.24, 2.45) is 10.1 Å². The van der Waals surface area contributed by atoms with Crippen molar-refractivity contribution in [3.8, 4) is 0 Å². The number of aliphatic imine (C=N–C) groups is 1. The lowest BCUT2D eigenvalue weighted by Gasteiger charge is -2.20. The molecule has 4 rings (SSSR count). The van der Waals surface area contributed by atoms with Gasteiger partial charge in [0.25, 0.3) is 5.91 Å². The molecule has 0 radical (unpaired) electrons. The Morgan fingerprint density at radius 2 is 1.88 bits per heavy atom. The smallest absolute Gasteiger partial charge is 0.282 e. The number of halogens is 1. The van der Waals surface area contributed by atoms with Crippen molar-refractivity contribution in [2.45, 2.75) is 6.92 Å². The van der Waals surface area contributed by atoms with Crippen LogP contribution in [-0.2, 0) is 4.79 Å². The van der Waals surface area contributed by atoms with Crippen LogP contribution in [0.25, 0.3) is 6.08 Å². The molecule has 7 heteroatoms. The summed E-state index contributed by atoms with van der Waals surface area (Å²) in [5.74, 6) is -0.378. The molecule has 2 aromatic rings. The average Bonchev–Trinajstić information content (AvgIpc) is 3.04. The average molecular weight is 425 g/mol. The second kappa shape index (κ2) is 6.66. The number of hydrazone groups is 1. The summed E-state index contributed by atoms with van der Waals surface area (Å²) >= 11 is 4.70. The number of thioether (sulfide) groups is 1. The fourth-order valence-corrected chi connectivity index (χ4v) is 3.89. The number of hydrogen-bond acceptors (Lipinski definition) is 4. The van der Waals surface area contributed by atoms with E-state index in [-0.39, 0.29) is 11.4 Å². The van der Waals surface area contributed by atoms with Gasteiger partial charge in [-0.1, -0.05) is 52.3 Å². The first kappa shape index (κ1) is 16.9. The number of carbonyl (C=O) groups excluding carboxylic acids is 1. The largest absolute Gasteiger partial charge is 0.283 e. The van der Waals surface area contributed by atoms with Gasteiger partial charge in [-0.15, -0.1) is 0 Å². The zero-order valence-corrected chi connectivity index (χ0v) is 16.1. The summed E-state index contributed by atoms with van der Waals surface area (Å²) in [6, 6.07) is 15.4. The van der Waals surface area contributed by atoms with E-state index in [2.05, 4.69) is 26.0 Å². The highest BCUT2D eigenvalue weighted by Crippen LogP contribution is 2.31. The van der Waals surface area contributed by atoms with Crippen LogP contribution in [-0.4, -0.2) is 27.0 Å². The number of benzene rings is 2. The number of nitrogens with one attached hydrogen (secondary N) is 1. The summed E-state index contributed by atoms with van der Waals surface area (Å²) in [6.07, 6.45) is 1.67. The van der Waals surface area contributed by atoms with Gasteiger partial charge in [0.2, 0.25) is 5.17 Å². The van der Waals surface area contributed by atoms with Gasteiger partial charge >= 0.3 is 0 Å². The van der Waals surface area contributed by atoms with Gasteiger partial charge in [0.1, 0.15) is 5.04 Å². The number of nitrogens with zero attached hydrogens (tertiary/aromatic N) is 3. The fraction of sp³-hybridized carbons (Fsp3) is 0.0526. The molecule has 0 saturated carbocycles. The third-order valence-corrected chi connectivity index (χ3v) is 5.48. The molecule has 0 bridgehead atoms. The molecular weight excluding hydrogens is 412 g/mol. The Balaban J connectivity index is 1.70. The monoisotopic (exact) mass is 424 g/mol. The molecule has 128 valence electrons. The molecule has 0 aromatic heterocycles. The zero-order chi connectivity index (χ0) is 18.3. The fourth-order valence-electron chi connectivity index (χ4n) is 2.64. The molecule has 2 aliphatic rings. The molecule has 0 aliphatic carbocycles. The molecule has 1 amide bonds. The highest BCUT2D eigenvalue weighted by molar-refractivity contribution is 9.10. The number of aryl methyl sites for hydroxylation is 1. The quantitative estimate of drug-likeness (QED) is 0.725. The Morgan fingerprint density at radius 1 is 1.15 bits per heavy atom. The van der Waals surface area contributed by atoms with E-state index in [1.54, 1.807) is 6.08 Å². The molecule has 2 aliphatic heterocycles. The van der Waals surface area contributed by atoms with E-state index < -0.39 is 5.91 Å². The van der Waals surface area contributed by atoms with Gasteiger partial charge in [0, 0.05) is 10.0 Å². The van der Waals surface area contributed by atoms with E-state index in [0.29, 0.717) is 5.17 Å². The van der Waals surface area contributed by atoms with Gasteiger partial charge in [0.05, 0.1) is 5.57 Å². The van der Waals surface area contributed by atoms with Crippen LogP contribution >= 0.6 is 27.7 Å². The van der Waals surface area contributed by atoms with Crippen LogP contribution in [0.3, 0.4) is 0 Å². The van der Waals surface area contributed by atoms with Gasteiger partial charge in [0.15, 0.2) is 5.84 Å². The van der Waals surface area contributed by atoms with Gasteiger partial charge < -0.3 is 0 Å². The van der Waals surface area contributed by atoms with Crippen LogP contribution < -0.4 is 0 Å². The maximum absolute atomic E-state index is 12.4. The molecule has 0 atom stereocenters. The topological polar surface area (TPSA) is 68.9 Å². The number of fused-ring (bicyclic) bond motifs is 1. The second-order valence-electron chi connectivity index (χ2n) is 5.79. The maximum atomic E-state index is 12.4. The summed E-state index contributed by atoms with van der Waals surface area (Å²) in [5, 5.41) is 15.5. The predicted molar refractivity (Wildman–Crippen MR) is 109 cm³/mol. The van der Waals surface area contributed by atoms with E-state index in [4.69, 9.17) is 5.41 Å². The predicted octanol–water partition coefficient (Wildman–Crippen LogP) is 4.42. The number of amidine groups is 2. The molecular formula is C19H13BrN4OS. The Hall–Kier alpha value is -2.51. The van der Waals surface area contributed by atoms with Crippen LogP contribution in [0, 0.1) is 12.3 Å². The van der Waals surface area contributed by atoms with Gasteiger partial charge in [-0.3, -0.25) is 10.2 Å². The minimum Gasteiger partial charge on any atom is -0.282 e. The van der Waals surface area contributed by atoms with Crippen LogP contribution in [0.5, 0.6) is 0 Å². The molecule has 0 fully saturated rings. The summed E-state index contributed by atoms with van der Waals surface area (Å²) in [4.78, 5) is 16.6. The lowest BCUT2D eigenvalue weighted by molar-refractivity contribution is -0.114. The number of amides is 1. The Bertz CT molecular complexity index is 1020. The van der Waals surface area contributed by atoms with E-state index >= 15 is 0 Å². The first-order chi connectivity index (χ1) is 12.5. The standard InChI is InChI=1S/C19H13BrN4OS/c1-11-4-2-3-5-14(11)18-23-24-16(21)15(17(25)22-19(24)26-18)10-12-6-8-13(20)9-7-12/h2-10,21H,1H3. The van der Waals surface area contributed by atoms with Crippen molar-refractivity contribution >= 4 is 55.7 Å². The highest BCUT2D eigenvalue weighted by atomic mass is 79.9. The molecule has 0 saturated heterocycles. The van der Waals surface area contributed by atoms with E-state index in [1.807, 2.05) is 55.5 Å². The van der Waals surface area contributed by atoms with Crippen molar-refractivity contribution in [2.75, 3.05) is 0 Å². The summed E-state index contributed by atoms with van der Waals surface area (Å²) in [6.45, 7) is 2.01. The summed E-state index contributed by atoms with van der Waals surface area (Å²) < 4.78 is 0.952. The molecule has 5 nitrogen and oxygen atoms in total. The van der Waals surface area contributed by atoms with Gasteiger partial charge in [-0.25, -0.2) is 0 Å². The molecule has 2 heterocycles. The Labute approximate surface area is 163 Å². The number of carbonyl (C=O) groups is 1. The van der Waals surface area contributed by atoms with Crippen molar-refractivity contribution < 1.29 is 4.79 Å². The first-order valence-corrected chi connectivity index (χ1v) is 9.45. The van der Waals surface area contributed by atoms with Crippen LogP contribution in [0.15, 0.2) is 68.7 Å². The Morgan fingerprint density at radius 3 is 2.62 bits per heavy atom. The van der Waals surface area contributed by atoms with Crippen molar-refractivity contribution in [3.63, 3.8) is 0 Å². The van der Waals surface area contributed by atoms with E-state index in [0.717, 1.165) is 26.2 Å². The highest BCUT2D eigenvalue weighted by Gasteiger charge is 2.36. The minimum absolute atomic E-state index is 0.0407.